The third kappa shape index (κ3) is 4.87. The number of nitro groups is 1. The van der Waals surface area contributed by atoms with Crippen LogP contribution in [0.5, 0.6) is 0 Å². The summed E-state index contributed by atoms with van der Waals surface area (Å²) in [5.41, 5.74) is 0.852. The van der Waals surface area contributed by atoms with Crippen molar-refractivity contribution < 1.29 is 13.3 Å². The lowest BCUT2D eigenvalue weighted by Gasteiger charge is -2.26. The molecule has 0 bridgehead atoms. The molecule has 9 nitrogen and oxygen atoms in total. The number of nitro benzene ring substituents is 1. The molecule has 0 spiro atoms. The Labute approximate surface area is 164 Å². The van der Waals surface area contributed by atoms with E-state index in [-0.39, 0.29) is 22.3 Å². The smallest absolute Gasteiger partial charge is 0.293 e. The maximum atomic E-state index is 12.7. The fourth-order valence-electron chi connectivity index (χ4n) is 3.40. The fourth-order valence-corrected chi connectivity index (χ4v) is 4.73. The van der Waals surface area contributed by atoms with Crippen LogP contribution in [0.1, 0.15) is 38.2 Å². The summed E-state index contributed by atoms with van der Waals surface area (Å²) in [6, 6.07) is 3.82. The van der Waals surface area contributed by atoms with Crippen LogP contribution in [0.25, 0.3) is 0 Å². The standard InChI is InChI=1S/C18H25N5O4S/c1-13-3-5-15(6-4-13)21-28(26,27)16-7-8-17(18(9-16)23(24)25)19-10-14-11-20-22(2)12-14/h7-9,11-13,15,19,21H,3-6,10H2,1-2H3. The van der Waals surface area contributed by atoms with E-state index in [0.717, 1.165) is 37.3 Å². The van der Waals surface area contributed by atoms with Crippen LogP contribution >= 0.6 is 0 Å². The van der Waals surface area contributed by atoms with Crippen molar-refractivity contribution in [2.75, 3.05) is 5.32 Å². The first-order valence-corrected chi connectivity index (χ1v) is 10.7. The summed E-state index contributed by atoms with van der Waals surface area (Å²) in [7, 11) is -2.03. The Morgan fingerprint density at radius 1 is 1.29 bits per heavy atom. The number of aromatic nitrogens is 2. The monoisotopic (exact) mass is 407 g/mol. The molecule has 3 rings (SSSR count). The number of aryl methyl sites for hydroxylation is 1. The second-order valence-corrected chi connectivity index (χ2v) is 9.10. The molecule has 0 atom stereocenters. The lowest BCUT2D eigenvalue weighted by molar-refractivity contribution is -0.384. The average molecular weight is 407 g/mol. The van der Waals surface area contributed by atoms with E-state index in [4.69, 9.17) is 0 Å². The molecule has 1 aromatic heterocycles. The van der Waals surface area contributed by atoms with Gasteiger partial charge in [0.15, 0.2) is 0 Å². The van der Waals surface area contributed by atoms with Gasteiger partial charge in [0.05, 0.1) is 16.0 Å². The first-order chi connectivity index (χ1) is 13.2. The Hall–Kier alpha value is -2.46. The van der Waals surface area contributed by atoms with Crippen LogP contribution in [0.2, 0.25) is 0 Å². The van der Waals surface area contributed by atoms with Crippen molar-refractivity contribution in [3.63, 3.8) is 0 Å². The van der Waals surface area contributed by atoms with E-state index in [1.54, 1.807) is 24.1 Å². The highest BCUT2D eigenvalue weighted by molar-refractivity contribution is 7.89. The van der Waals surface area contributed by atoms with Gasteiger partial charge in [0.25, 0.3) is 5.69 Å². The molecule has 1 saturated carbocycles. The van der Waals surface area contributed by atoms with E-state index in [9.17, 15) is 18.5 Å². The predicted molar refractivity (Wildman–Crippen MR) is 105 cm³/mol. The molecule has 0 unspecified atom stereocenters. The summed E-state index contributed by atoms with van der Waals surface area (Å²) >= 11 is 0. The molecule has 0 amide bonds. The van der Waals surface area contributed by atoms with Gasteiger partial charge < -0.3 is 5.32 Å². The van der Waals surface area contributed by atoms with E-state index in [1.165, 1.54) is 12.1 Å². The van der Waals surface area contributed by atoms with Crippen molar-refractivity contribution in [3.8, 4) is 0 Å². The van der Waals surface area contributed by atoms with E-state index in [0.29, 0.717) is 12.5 Å². The van der Waals surface area contributed by atoms with Crippen LogP contribution in [0.15, 0.2) is 35.5 Å². The van der Waals surface area contributed by atoms with Gasteiger partial charge in [-0.3, -0.25) is 14.8 Å². The van der Waals surface area contributed by atoms with Crippen molar-refractivity contribution in [2.24, 2.45) is 13.0 Å². The van der Waals surface area contributed by atoms with Gasteiger partial charge in [-0.15, -0.1) is 0 Å². The Bertz CT molecular complexity index is 949. The molecule has 0 saturated heterocycles. The van der Waals surface area contributed by atoms with Crippen LogP contribution in [0.4, 0.5) is 11.4 Å². The Balaban J connectivity index is 1.76. The number of nitrogens with one attached hydrogen (secondary N) is 2. The van der Waals surface area contributed by atoms with Gasteiger partial charge in [-0.2, -0.15) is 5.10 Å². The van der Waals surface area contributed by atoms with Crippen molar-refractivity contribution >= 4 is 21.4 Å². The summed E-state index contributed by atoms with van der Waals surface area (Å²) in [4.78, 5) is 10.8. The van der Waals surface area contributed by atoms with E-state index < -0.39 is 14.9 Å². The molecule has 28 heavy (non-hydrogen) atoms. The number of sulfonamides is 1. The van der Waals surface area contributed by atoms with Crippen molar-refractivity contribution in [2.45, 2.75) is 50.1 Å². The summed E-state index contributed by atoms with van der Waals surface area (Å²) in [6.45, 7) is 2.50. The summed E-state index contributed by atoms with van der Waals surface area (Å²) in [6.07, 6.45) is 6.98. The molecule has 0 aliphatic heterocycles. The minimum Gasteiger partial charge on any atom is -0.375 e. The summed E-state index contributed by atoms with van der Waals surface area (Å²) in [5, 5.41) is 18.5. The Morgan fingerprint density at radius 2 is 2.00 bits per heavy atom. The Kier molecular flexibility index (Phi) is 5.99. The molecule has 1 heterocycles. The van der Waals surface area contributed by atoms with Crippen LogP contribution in [0.3, 0.4) is 0 Å². The minimum atomic E-state index is -3.81. The maximum Gasteiger partial charge on any atom is 0.293 e. The van der Waals surface area contributed by atoms with E-state index in [1.807, 2.05) is 0 Å². The minimum absolute atomic E-state index is 0.0928. The fraction of sp³-hybridized carbons (Fsp3) is 0.500. The second kappa shape index (κ2) is 8.27. The van der Waals surface area contributed by atoms with Crippen molar-refractivity contribution in [1.82, 2.24) is 14.5 Å². The molecular weight excluding hydrogens is 382 g/mol. The highest BCUT2D eigenvalue weighted by Crippen LogP contribution is 2.29. The average Bonchev–Trinajstić information content (AvgIpc) is 3.07. The number of hydrogen-bond acceptors (Lipinski definition) is 6. The number of anilines is 1. The lowest BCUT2D eigenvalue weighted by atomic mass is 9.88. The highest BCUT2D eigenvalue weighted by atomic mass is 32.2. The third-order valence-corrected chi connectivity index (χ3v) is 6.57. The largest absolute Gasteiger partial charge is 0.375 e. The van der Waals surface area contributed by atoms with Gasteiger partial charge >= 0.3 is 0 Å². The molecule has 2 aromatic rings. The molecule has 1 aliphatic rings. The summed E-state index contributed by atoms with van der Waals surface area (Å²) in [5.74, 6) is 0.604. The van der Waals surface area contributed by atoms with Gasteiger partial charge in [0, 0.05) is 37.5 Å². The van der Waals surface area contributed by atoms with E-state index in [2.05, 4.69) is 22.1 Å². The van der Waals surface area contributed by atoms with Gasteiger partial charge in [-0.25, -0.2) is 13.1 Å². The number of benzene rings is 1. The molecule has 1 fully saturated rings. The Morgan fingerprint density at radius 3 is 2.61 bits per heavy atom. The SMILES string of the molecule is CC1CCC(NS(=O)(=O)c2ccc(NCc3cnn(C)c3)c([N+](=O)[O-])c2)CC1. The van der Waals surface area contributed by atoms with Crippen LogP contribution in [-0.4, -0.2) is 29.2 Å². The molecular formula is C18H25N5O4S. The van der Waals surface area contributed by atoms with Gasteiger partial charge in [0.1, 0.15) is 5.69 Å². The zero-order valence-electron chi connectivity index (χ0n) is 16.0. The van der Waals surface area contributed by atoms with E-state index >= 15 is 0 Å². The van der Waals surface area contributed by atoms with Crippen LogP contribution < -0.4 is 10.0 Å². The lowest BCUT2D eigenvalue weighted by Crippen LogP contribution is -2.37. The second-order valence-electron chi connectivity index (χ2n) is 7.39. The maximum absolute atomic E-state index is 12.7. The molecule has 0 radical (unpaired) electrons. The quantitative estimate of drug-likeness (QED) is 0.538. The van der Waals surface area contributed by atoms with Crippen LogP contribution in [0, 0.1) is 16.0 Å². The van der Waals surface area contributed by atoms with Crippen LogP contribution in [-0.2, 0) is 23.6 Å². The normalized spacial score (nSPS) is 20.1. The number of nitrogens with zero attached hydrogens (tertiary/aromatic N) is 3. The number of hydrogen-bond donors (Lipinski definition) is 2. The predicted octanol–water partition coefficient (Wildman–Crippen LogP) is 2.80. The molecule has 152 valence electrons. The van der Waals surface area contributed by atoms with Gasteiger partial charge in [-0.1, -0.05) is 6.92 Å². The number of rotatable bonds is 7. The first-order valence-electron chi connectivity index (χ1n) is 9.27. The topological polar surface area (TPSA) is 119 Å². The van der Waals surface area contributed by atoms with Gasteiger partial charge in [-0.05, 0) is 43.7 Å². The molecule has 2 N–H and O–H groups in total. The zero-order chi connectivity index (χ0) is 20.3. The first kappa shape index (κ1) is 20.3. The third-order valence-electron chi connectivity index (χ3n) is 5.06. The molecule has 1 aliphatic carbocycles. The summed E-state index contributed by atoms with van der Waals surface area (Å²) < 4.78 is 29.7. The highest BCUT2D eigenvalue weighted by Gasteiger charge is 2.26. The molecule has 10 heteroatoms. The van der Waals surface area contributed by atoms with Gasteiger partial charge in [0.2, 0.25) is 10.0 Å². The van der Waals surface area contributed by atoms with Crippen molar-refractivity contribution in [3.05, 3.63) is 46.3 Å². The zero-order valence-corrected chi connectivity index (χ0v) is 16.8. The van der Waals surface area contributed by atoms with Crippen molar-refractivity contribution in [1.29, 1.82) is 0 Å². The molecule has 1 aromatic carbocycles.